The Kier molecular flexibility index (Phi) is 5.66. The zero-order valence-corrected chi connectivity index (χ0v) is 10.5. The Morgan fingerprint density at radius 1 is 1.38 bits per heavy atom. The van der Waals surface area contributed by atoms with Gasteiger partial charge in [-0.3, -0.25) is 9.59 Å². The van der Waals surface area contributed by atoms with Crippen molar-refractivity contribution in [2.45, 2.75) is 25.7 Å². The monoisotopic (exact) mass is 245 g/mol. The average Bonchev–Trinajstić information content (AvgIpc) is 2.26. The van der Waals surface area contributed by atoms with Crippen LogP contribution in [0.5, 0.6) is 0 Å². The maximum absolute atomic E-state index is 11.7. The molecule has 0 aromatic heterocycles. The number of carboxylic acids is 1. The summed E-state index contributed by atoms with van der Waals surface area (Å²) >= 11 is 1.68. The molecule has 0 aromatic carbocycles. The van der Waals surface area contributed by atoms with Gasteiger partial charge in [0, 0.05) is 31.7 Å². The van der Waals surface area contributed by atoms with Gasteiger partial charge in [0.05, 0.1) is 0 Å². The highest BCUT2D eigenvalue weighted by atomic mass is 32.2. The Balaban J connectivity index is 2.25. The van der Waals surface area contributed by atoms with E-state index in [2.05, 4.69) is 0 Å². The molecule has 1 aliphatic heterocycles. The van der Waals surface area contributed by atoms with Crippen molar-refractivity contribution in [3.63, 3.8) is 0 Å². The first-order valence-corrected chi connectivity index (χ1v) is 7.01. The summed E-state index contributed by atoms with van der Waals surface area (Å²) < 4.78 is 0. The van der Waals surface area contributed by atoms with Crippen LogP contribution in [0.15, 0.2) is 0 Å². The minimum Gasteiger partial charge on any atom is -0.481 e. The fourth-order valence-corrected chi connectivity index (χ4v) is 2.36. The normalized spacial score (nSPS) is 17.4. The fraction of sp³-hybridized carbons (Fsp3) is 0.818. The minimum absolute atomic E-state index is 0.211. The molecule has 0 saturated carbocycles. The highest BCUT2D eigenvalue weighted by Crippen LogP contribution is 2.21. The number of hydrogen-bond donors (Lipinski definition) is 1. The van der Waals surface area contributed by atoms with Crippen LogP contribution in [0.4, 0.5) is 0 Å². The van der Waals surface area contributed by atoms with Gasteiger partial charge in [0.25, 0.3) is 0 Å². The number of rotatable bonds is 5. The van der Waals surface area contributed by atoms with Crippen molar-refractivity contribution in [2.75, 3.05) is 25.1 Å². The smallest absolute Gasteiger partial charge is 0.303 e. The predicted molar refractivity (Wildman–Crippen MR) is 64.6 cm³/mol. The van der Waals surface area contributed by atoms with Crippen LogP contribution in [-0.2, 0) is 9.59 Å². The topological polar surface area (TPSA) is 57.6 Å². The third-order valence-corrected chi connectivity index (χ3v) is 3.56. The van der Waals surface area contributed by atoms with E-state index in [9.17, 15) is 9.59 Å². The number of aliphatic carboxylic acids is 1. The molecule has 1 rings (SSSR count). The van der Waals surface area contributed by atoms with Crippen molar-refractivity contribution in [3.05, 3.63) is 0 Å². The maximum atomic E-state index is 11.7. The van der Waals surface area contributed by atoms with E-state index in [0.717, 1.165) is 31.7 Å². The number of likely N-dealkylation sites (tertiary alicyclic amines) is 1. The van der Waals surface area contributed by atoms with Crippen molar-refractivity contribution in [1.82, 2.24) is 4.90 Å². The average molecular weight is 245 g/mol. The second kappa shape index (κ2) is 6.78. The van der Waals surface area contributed by atoms with Gasteiger partial charge >= 0.3 is 5.97 Å². The summed E-state index contributed by atoms with van der Waals surface area (Å²) in [5.74, 6) is 0.603. The fourth-order valence-electron chi connectivity index (χ4n) is 1.98. The Morgan fingerprint density at radius 2 is 2.00 bits per heavy atom. The lowest BCUT2D eigenvalue weighted by Gasteiger charge is -2.31. The minimum atomic E-state index is -0.729. The van der Waals surface area contributed by atoms with E-state index < -0.39 is 5.97 Å². The molecule has 0 aromatic rings. The van der Waals surface area contributed by atoms with Gasteiger partial charge in [-0.05, 0) is 25.0 Å². The van der Waals surface area contributed by atoms with E-state index >= 15 is 0 Å². The van der Waals surface area contributed by atoms with Gasteiger partial charge in [0.1, 0.15) is 0 Å². The number of amides is 1. The van der Waals surface area contributed by atoms with Gasteiger partial charge in [0.15, 0.2) is 0 Å². The molecule has 0 radical (unpaired) electrons. The lowest BCUT2D eigenvalue weighted by molar-refractivity contribution is -0.138. The Hall–Kier alpha value is -0.710. The number of carboxylic acid groups (broad SMARTS) is 1. The molecule has 1 aliphatic rings. The van der Waals surface area contributed by atoms with E-state index in [1.165, 1.54) is 0 Å². The number of carbonyl (C=O) groups is 2. The lowest BCUT2D eigenvalue weighted by Crippen LogP contribution is -2.39. The van der Waals surface area contributed by atoms with E-state index in [4.69, 9.17) is 5.11 Å². The zero-order chi connectivity index (χ0) is 12.0. The van der Waals surface area contributed by atoms with E-state index in [-0.39, 0.29) is 18.2 Å². The second-order valence-corrected chi connectivity index (χ2v) is 5.15. The van der Waals surface area contributed by atoms with Crippen LogP contribution >= 0.6 is 11.8 Å². The summed E-state index contributed by atoms with van der Waals surface area (Å²) in [7, 11) is 0. The van der Waals surface area contributed by atoms with Gasteiger partial charge in [-0.15, -0.1) is 0 Å². The molecule has 1 N–H and O–H groups in total. The van der Waals surface area contributed by atoms with Gasteiger partial charge in [-0.2, -0.15) is 11.8 Å². The van der Waals surface area contributed by atoms with Gasteiger partial charge in [0.2, 0.25) is 5.91 Å². The van der Waals surface area contributed by atoms with Crippen molar-refractivity contribution < 1.29 is 14.7 Å². The van der Waals surface area contributed by atoms with Gasteiger partial charge < -0.3 is 10.0 Å². The van der Waals surface area contributed by atoms with E-state index in [1.807, 2.05) is 11.2 Å². The molecular weight excluding hydrogens is 226 g/mol. The van der Waals surface area contributed by atoms with Crippen LogP contribution in [0.3, 0.4) is 0 Å². The Bertz CT molecular complexity index is 250. The van der Waals surface area contributed by atoms with Crippen LogP contribution in [0.2, 0.25) is 0 Å². The molecule has 5 heteroatoms. The SMILES string of the molecule is CSCCC(=O)N1CCC(CC(=O)O)CC1. The zero-order valence-electron chi connectivity index (χ0n) is 9.65. The van der Waals surface area contributed by atoms with Gasteiger partial charge in [-0.25, -0.2) is 0 Å². The van der Waals surface area contributed by atoms with Gasteiger partial charge in [-0.1, -0.05) is 0 Å². The van der Waals surface area contributed by atoms with Crippen LogP contribution in [-0.4, -0.2) is 47.0 Å². The largest absolute Gasteiger partial charge is 0.481 e. The van der Waals surface area contributed by atoms with E-state index in [1.54, 1.807) is 11.8 Å². The Morgan fingerprint density at radius 3 is 2.50 bits per heavy atom. The third kappa shape index (κ3) is 4.43. The molecule has 0 bridgehead atoms. The quantitative estimate of drug-likeness (QED) is 0.796. The van der Waals surface area contributed by atoms with Crippen LogP contribution < -0.4 is 0 Å². The molecule has 1 saturated heterocycles. The van der Waals surface area contributed by atoms with Crippen molar-refractivity contribution >= 4 is 23.6 Å². The summed E-state index contributed by atoms with van der Waals surface area (Å²) in [4.78, 5) is 24.1. The molecule has 0 atom stereocenters. The first kappa shape index (κ1) is 13.4. The number of nitrogens with zero attached hydrogens (tertiary/aromatic N) is 1. The standard InChI is InChI=1S/C11H19NO3S/c1-16-7-4-10(13)12-5-2-9(3-6-12)8-11(14)15/h9H,2-8H2,1H3,(H,14,15). The number of piperidine rings is 1. The molecule has 0 aliphatic carbocycles. The molecule has 16 heavy (non-hydrogen) atoms. The maximum Gasteiger partial charge on any atom is 0.303 e. The van der Waals surface area contributed by atoms with Crippen molar-refractivity contribution in [2.24, 2.45) is 5.92 Å². The van der Waals surface area contributed by atoms with Crippen molar-refractivity contribution in [1.29, 1.82) is 0 Å². The van der Waals surface area contributed by atoms with Crippen LogP contribution in [0.25, 0.3) is 0 Å². The summed E-state index contributed by atoms with van der Waals surface area (Å²) in [6.45, 7) is 1.45. The van der Waals surface area contributed by atoms with Crippen LogP contribution in [0.1, 0.15) is 25.7 Å². The highest BCUT2D eigenvalue weighted by molar-refractivity contribution is 7.98. The Labute approximate surface area is 100 Å². The summed E-state index contributed by atoms with van der Waals surface area (Å²) in [6.07, 6.45) is 4.50. The number of carbonyl (C=O) groups excluding carboxylic acids is 1. The van der Waals surface area contributed by atoms with Crippen molar-refractivity contribution in [3.8, 4) is 0 Å². The molecule has 1 fully saturated rings. The molecule has 0 spiro atoms. The highest BCUT2D eigenvalue weighted by Gasteiger charge is 2.23. The lowest BCUT2D eigenvalue weighted by atomic mass is 9.93. The molecular formula is C11H19NO3S. The second-order valence-electron chi connectivity index (χ2n) is 4.16. The number of thioether (sulfide) groups is 1. The molecule has 1 heterocycles. The third-order valence-electron chi connectivity index (χ3n) is 2.95. The molecule has 92 valence electrons. The molecule has 4 nitrogen and oxygen atoms in total. The summed E-state index contributed by atoms with van der Waals surface area (Å²) in [6, 6.07) is 0. The first-order valence-electron chi connectivity index (χ1n) is 5.62. The van der Waals surface area contributed by atoms with Crippen LogP contribution in [0, 0.1) is 5.92 Å². The molecule has 0 unspecified atom stereocenters. The predicted octanol–water partition coefficient (Wildman–Crippen LogP) is 1.45. The summed E-state index contributed by atoms with van der Waals surface area (Å²) in [5.41, 5.74) is 0. The first-order chi connectivity index (χ1) is 7.63. The summed E-state index contributed by atoms with van der Waals surface area (Å²) in [5, 5.41) is 8.67. The molecule has 1 amide bonds. The number of hydrogen-bond acceptors (Lipinski definition) is 3. The van der Waals surface area contributed by atoms with E-state index in [0.29, 0.717) is 6.42 Å².